The Morgan fingerprint density at radius 2 is 2.39 bits per heavy atom. The maximum absolute atomic E-state index is 11.5. The average Bonchev–Trinajstić information content (AvgIpc) is 2.82. The first-order chi connectivity index (χ1) is 8.43. The number of sulfone groups is 1. The van der Waals surface area contributed by atoms with E-state index in [0.717, 1.165) is 0 Å². The second-order valence-corrected chi connectivity index (χ2v) is 6.41. The molecule has 100 valence electrons. The van der Waals surface area contributed by atoms with Gasteiger partial charge in [-0.2, -0.15) is 5.10 Å². The van der Waals surface area contributed by atoms with Crippen LogP contribution in [0.4, 0.5) is 5.82 Å². The number of carbonyl (C=O) groups is 1. The van der Waals surface area contributed by atoms with E-state index in [4.69, 9.17) is 10.5 Å². The molecule has 1 atom stereocenters. The summed E-state index contributed by atoms with van der Waals surface area (Å²) < 4.78 is 29.0. The van der Waals surface area contributed by atoms with E-state index in [0.29, 0.717) is 6.42 Å². The van der Waals surface area contributed by atoms with Gasteiger partial charge in [0.25, 0.3) is 0 Å². The second-order valence-electron chi connectivity index (χ2n) is 4.18. The molecule has 0 bridgehead atoms. The van der Waals surface area contributed by atoms with Crippen LogP contribution in [0.5, 0.6) is 0 Å². The van der Waals surface area contributed by atoms with Crippen LogP contribution >= 0.6 is 0 Å². The van der Waals surface area contributed by atoms with Crippen LogP contribution < -0.4 is 5.73 Å². The van der Waals surface area contributed by atoms with Gasteiger partial charge in [-0.15, -0.1) is 0 Å². The van der Waals surface area contributed by atoms with Gasteiger partial charge in [0.1, 0.15) is 5.82 Å². The van der Waals surface area contributed by atoms with Gasteiger partial charge < -0.3 is 10.5 Å². The quantitative estimate of drug-likeness (QED) is 0.777. The Hall–Kier alpha value is -1.57. The Morgan fingerprint density at radius 3 is 2.94 bits per heavy atom. The first-order valence-electron chi connectivity index (χ1n) is 5.65. The van der Waals surface area contributed by atoms with Crippen molar-refractivity contribution in [1.82, 2.24) is 9.78 Å². The highest BCUT2D eigenvalue weighted by molar-refractivity contribution is 7.91. The van der Waals surface area contributed by atoms with Gasteiger partial charge in [-0.05, 0) is 13.3 Å². The maximum Gasteiger partial charge on any atom is 0.358 e. The fourth-order valence-corrected chi connectivity index (χ4v) is 3.67. The zero-order valence-electron chi connectivity index (χ0n) is 10.00. The maximum atomic E-state index is 11.5. The van der Waals surface area contributed by atoms with Crippen molar-refractivity contribution in [3.05, 3.63) is 11.8 Å². The molecule has 18 heavy (non-hydrogen) atoms. The molecule has 0 aliphatic carbocycles. The molecule has 1 fully saturated rings. The largest absolute Gasteiger partial charge is 0.461 e. The van der Waals surface area contributed by atoms with E-state index in [2.05, 4.69) is 5.10 Å². The highest BCUT2D eigenvalue weighted by Crippen LogP contribution is 2.25. The van der Waals surface area contributed by atoms with E-state index in [1.165, 1.54) is 10.7 Å². The minimum absolute atomic E-state index is 0.0150. The summed E-state index contributed by atoms with van der Waals surface area (Å²) in [6, 6.07) is 1.11. The SMILES string of the molecule is CCOC(=O)c1cc(N)n(C2CCS(=O)(=O)C2)n1. The van der Waals surface area contributed by atoms with Crippen molar-refractivity contribution < 1.29 is 17.9 Å². The number of hydrogen-bond donors (Lipinski definition) is 1. The molecule has 0 radical (unpaired) electrons. The number of esters is 1. The number of anilines is 1. The number of hydrogen-bond acceptors (Lipinski definition) is 6. The lowest BCUT2D eigenvalue weighted by Crippen LogP contribution is -2.15. The number of carbonyl (C=O) groups excluding carboxylic acids is 1. The molecule has 1 aliphatic rings. The molecule has 1 aromatic heterocycles. The number of ether oxygens (including phenoxy) is 1. The summed E-state index contributed by atoms with van der Waals surface area (Å²) >= 11 is 0. The van der Waals surface area contributed by atoms with Gasteiger partial charge in [-0.25, -0.2) is 17.9 Å². The van der Waals surface area contributed by atoms with E-state index >= 15 is 0 Å². The molecule has 7 nitrogen and oxygen atoms in total. The van der Waals surface area contributed by atoms with Gasteiger partial charge in [-0.3, -0.25) is 0 Å². The molecule has 1 unspecified atom stereocenters. The zero-order valence-corrected chi connectivity index (χ0v) is 10.8. The van der Waals surface area contributed by atoms with Crippen LogP contribution in [-0.4, -0.2) is 42.3 Å². The lowest BCUT2D eigenvalue weighted by atomic mass is 10.3. The van der Waals surface area contributed by atoms with Crippen LogP contribution in [0.1, 0.15) is 29.9 Å². The van der Waals surface area contributed by atoms with E-state index in [9.17, 15) is 13.2 Å². The smallest absolute Gasteiger partial charge is 0.358 e. The Bertz CT molecular complexity index is 564. The minimum Gasteiger partial charge on any atom is -0.461 e. The molecule has 0 saturated carbocycles. The van der Waals surface area contributed by atoms with Crippen LogP contribution in [-0.2, 0) is 14.6 Å². The first kappa shape index (κ1) is 12.9. The van der Waals surface area contributed by atoms with Gasteiger partial charge in [0, 0.05) is 6.07 Å². The van der Waals surface area contributed by atoms with Crippen molar-refractivity contribution in [1.29, 1.82) is 0 Å². The second kappa shape index (κ2) is 4.60. The third-order valence-electron chi connectivity index (χ3n) is 2.80. The summed E-state index contributed by atoms with van der Waals surface area (Å²) in [5.74, 6) is -0.128. The topological polar surface area (TPSA) is 104 Å². The molecule has 2 rings (SSSR count). The summed E-state index contributed by atoms with van der Waals surface area (Å²) in [4.78, 5) is 11.5. The van der Waals surface area contributed by atoms with Crippen LogP contribution in [0, 0.1) is 0 Å². The number of aromatic nitrogens is 2. The molecular formula is C10H15N3O4S. The molecule has 0 aromatic carbocycles. The Labute approximate surface area is 105 Å². The number of rotatable bonds is 3. The van der Waals surface area contributed by atoms with Crippen LogP contribution in [0.3, 0.4) is 0 Å². The van der Waals surface area contributed by atoms with Gasteiger partial charge in [0.2, 0.25) is 0 Å². The summed E-state index contributed by atoms with van der Waals surface area (Å²) in [6.45, 7) is 1.95. The molecule has 1 aromatic rings. The molecular weight excluding hydrogens is 258 g/mol. The van der Waals surface area contributed by atoms with Crippen LogP contribution in [0.15, 0.2) is 6.07 Å². The van der Waals surface area contributed by atoms with Crippen molar-refractivity contribution in [3.8, 4) is 0 Å². The standard InChI is InChI=1S/C10H15N3O4S/c1-2-17-10(14)8-5-9(11)13(12-8)7-3-4-18(15,16)6-7/h5,7H,2-4,6,11H2,1H3. The lowest BCUT2D eigenvalue weighted by Gasteiger charge is -2.09. The van der Waals surface area contributed by atoms with Crippen LogP contribution in [0.2, 0.25) is 0 Å². The third-order valence-corrected chi connectivity index (χ3v) is 4.55. The predicted molar refractivity (Wildman–Crippen MR) is 64.9 cm³/mol. The summed E-state index contributed by atoms with van der Waals surface area (Å²) in [5.41, 5.74) is 5.85. The Balaban J connectivity index is 2.22. The van der Waals surface area contributed by atoms with Crippen molar-refractivity contribution in [3.63, 3.8) is 0 Å². The minimum atomic E-state index is -3.01. The molecule has 2 N–H and O–H groups in total. The highest BCUT2D eigenvalue weighted by Gasteiger charge is 2.31. The highest BCUT2D eigenvalue weighted by atomic mass is 32.2. The number of nitrogens with zero attached hydrogens (tertiary/aromatic N) is 2. The van der Waals surface area contributed by atoms with Gasteiger partial charge in [0.05, 0.1) is 24.2 Å². The van der Waals surface area contributed by atoms with Crippen molar-refractivity contribution >= 4 is 21.6 Å². The van der Waals surface area contributed by atoms with Crippen LogP contribution in [0.25, 0.3) is 0 Å². The van der Waals surface area contributed by atoms with E-state index in [1.807, 2.05) is 0 Å². The fraction of sp³-hybridized carbons (Fsp3) is 0.600. The van der Waals surface area contributed by atoms with E-state index in [-0.39, 0.29) is 35.7 Å². The fourth-order valence-electron chi connectivity index (χ4n) is 1.97. The van der Waals surface area contributed by atoms with Crippen molar-refractivity contribution in [2.45, 2.75) is 19.4 Å². The summed E-state index contributed by atoms with van der Waals surface area (Å²) in [7, 11) is -3.01. The number of nitrogens with two attached hydrogens (primary N) is 1. The molecule has 8 heteroatoms. The van der Waals surface area contributed by atoms with Crippen molar-refractivity contribution in [2.75, 3.05) is 23.8 Å². The summed E-state index contributed by atoms with van der Waals surface area (Å²) in [6.07, 6.45) is 0.469. The molecule has 1 saturated heterocycles. The molecule has 2 heterocycles. The van der Waals surface area contributed by atoms with Gasteiger partial charge >= 0.3 is 5.97 Å². The molecule has 0 amide bonds. The molecule has 1 aliphatic heterocycles. The third kappa shape index (κ3) is 2.47. The predicted octanol–water partition coefficient (Wildman–Crippen LogP) is 0.00160. The molecule has 0 spiro atoms. The van der Waals surface area contributed by atoms with Crippen molar-refractivity contribution in [2.24, 2.45) is 0 Å². The van der Waals surface area contributed by atoms with Gasteiger partial charge in [0.15, 0.2) is 15.5 Å². The summed E-state index contributed by atoms with van der Waals surface area (Å²) in [5, 5.41) is 4.03. The van der Waals surface area contributed by atoms with E-state index in [1.54, 1.807) is 6.92 Å². The average molecular weight is 273 g/mol. The van der Waals surface area contributed by atoms with Gasteiger partial charge in [-0.1, -0.05) is 0 Å². The zero-order chi connectivity index (χ0) is 13.3. The first-order valence-corrected chi connectivity index (χ1v) is 7.47. The Kier molecular flexibility index (Phi) is 3.29. The lowest BCUT2D eigenvalue weighted by molar-refractivity contribution is 0.0518. The van der Waals surface area contributed by atoms with E-state index < -0.39 is 15.8 Å². The number of nitrogen functional groups attached to an aromatic ring is 1. The monoisotopic (exact) mass is 273 g/mol. The Morgan fingerprint density at radius 1 is 1.67 bits per heavy atom. The normalized spacial score (nSPS) is 21.9.